The molecule has 0 saturated carbocycles. The van der Waals surface area contributed by atoms with Crippen molar-refractivity contribution in [2.75, 3.05) is 0 Å². The van der Waals surface area contributed by atoms with Crippen LogP contribution in [0.2, 0.25) is 0 Å². The molecular formula is C7H11NO2. The quantitative estimate of drug-likeness (QED) is 0.552. The van der Waals surface area contributed by atoms with Gasteiger partial charge in [-0.25, -0.2) is 0 Å². The maximum absolute atomic E-state index is 10.1. The van der Waals surface area contributed by atoms with Gasteiger partial charge in [0.1, 0.15) is 0 Å². The smallest absolute Gasteiger partial charge is 0.207 e. The first-order chi connectivity index (χ1) is 4.90. The molecule has 0 aromatic rings. The van der Waals surface area contributed by atoms with E-state index >= 15 is 0 Å². The van der Waals surface area contributed by atoms with Crippen molar-refractivity contribution in [3.8, 4) is 0 Å². The van der Waals surface area contributed by atoms with Crippen LogP contribution in [-0.4, -0.2) is 24.7 Å². The molecule has 2 rings (SSSR count). The van der Waals surface area contributed by atoms with Crippen molar-refractivity contribution in [3.05, 3.63) is 0 Å². The summed E-state index contributed by atoms with van der Waals surface area (Å²) < 4.78 is 5.52. The monoisotopic (exact) mass is 141 g/mol. The fourth-order valence-electron chi connectivity index (χ4n) is 1.90. The lowest BCUT2D eigenvalue weighted by atomic mass is 9.96. The zero-order valence-corrected chi connectivity index (χ0v) is 5.75. The normalized spacial score (nSPS) is 43.8. The first kappa shape index (κ1) is 6.16. The van der Waals surface area contributed by atoms with Gasteiger partial charge in [0.05, 0.1) is 18.2 Å². The topological polar surface area (TPSA) is 38.3 Å². The van der Waals surface area contributed by atoms with Gasteiger partial charge in [-0.05, 0) is 19.3 Å². The van der Waals surface area contributed by atoms with Crippen molar-refractivity contribution in [2.24, 2.45) is 0 Å². The number of fused-ring (bicyclic) bond motifs is 2. The van der Waals surface area contributed by atoms with Crippen molar-refractivity contribution in [1.29, 1.82) is 0 Å². The van der Waals surface area contributed by atoms with E-state index in [0.717, 1.165) is 19.3 Å². The molecule has 2 heterocycles. The standard InChI is InChI=1S/C7H11NO2/c9-4-8-6-3-5-1-2-7(6)10-5/h4-7H,1-3H2,(H,8,9). The number of carbonyl (C=O) groups is 1. The van der Waals surface area contributed by atoms with E-state index in [1.54, 1.807) is 0 Å². The Labute approximate surface area is 59.7 Å². The van der Waals surface area contributed by atoms with Gasteiger partial charge in [0.2, 0.25) is 6.41 Å². The average molecular weight is 141 g/mol. The van der Waals surface area contributed by atoms with E-state index in [1.807, 2.05) is 0 Å². The van der Waals surface area contributed by atoms with Gasteiger partial charge in [0.25, 0.3) is 0 Å². The number of rotatable bonds is 2. The van der Waals surface area contributed by atoms with Gasteiger partial charge in [0, 0.05) is 0 Å². The van der Waals surface area contributed by atoms with Crippen LogP contribution in [-0.2, 0) is 9.53 Å². The van der Waals surface area contributed by atoms with E-state index in [4.69, 9.17) is 4.74 Å². The van der Waals surface area contributed by atoms with Crippen LogP contribution in [0.25, 0.3) is 0 Å². The van der Waals surface area contributed by atoms with Gasteiger partial charge in [-0.1, -0.05) is 0 Å². The molecule has 0 aromatic carbocycles. The summed E-state index contributed by atoms with van der Waals surface area (Å²) >= 11 is 0. The summed E-state index contributed by atoms with van der Waals surface area (Å²) in [6.07, 6.45) is 4.84. The maximum atomic E-state index is 10.1. The van der Waals surface area contributed by atoms with Crippen LogP contribution in [0.4, 0.5) is 0 Å². The largest absolute Gasteiger partial charge is 0.373 e. The highest BCUT2D eigenvalue weighted by Crippen LogP contribution is 2.33. The molecule has 0 aliphatic carbocycles. The molecular weight excluding hydrogens is 130 g/mol. The zero-order valence-electron chi connectivity index (χ0n) is 5.75. The van der Waals surface area contributed by atoms with Crippen LogP contribution in [0.1, 0.15) is 19.3 Å². The summed E-state index contributed by atoms with van der Waals surface area (Å²) in [4.78, 5) is 10.1. The lowest BCUT2D eigenvalue weighted by Gasteiger charge is -2.16. The molecule has 2 aliphatic heterocycles. The summed E-state index contributed by atoms with van der Waals surface area (Å²) in [6, 6.07) is 0.302. The fraction of sp³-hybridized carbons (Fsp3) is 0.857. The number of amides is 1. The Balaban J connectivity index is 1.95. The Morgan fingerprint density at radius 3 is 2.90 bits per heavy atom. The predicted octanol–water partition coefficient (Wildman–Crippen LogP) is 0.0523. The number of carbonyl (C=O) groups excluding carboxylic acids is 1. The van der Waals surface area contributed by atoms with E-state index in [9.17, 15) is 4.79 Å². The van der Waals surface area contributed by atoms with Crippen LogP contribution in [0, 0.1) is 0 Å². The Bertz CT molecular complexity index is 149. The minimum absolute atomic E-state index is 0.302. The lowest BCUT2D eigenvalue weighted by Crippen LogP contribution is -2.36. The highest BCUT2D eigenvalue weighted by molar-refractivity contribution is 5.47. The number of nitrogens with one attached hydrogen (secondary N) is 1. The second kappa shape index (κ2) is 2.23. The van der Waals surface area contributed by atoms with Gasteiger partial charge >= 0.3 is 0 Å². The highest BCUT2D eigenvalue weighted by atomic mass is 16.5. The van der Waals surface area contributed by atoms with Crippen molar-refractivity contribution >= 4 is 6.41 Å². The van der Waals surface area contributed by atoms with E-state index in [0.29, 0.717) is 18.2 Å². The Morgan fingerprint density at radius 2 is 2.40 bits per heavy atom. The minimum atomic E-state index is 0.302. The molecule has 2 bridgehead atoms. The van der Waals surface area contributed by atoms with Gasteiger partial charge in [-0.3, -0.25) is 4.79 Å². The summed E-state index contributed by atoms with van der Waals surface area (Å²) in [6.45, 7) is 0. The molecule has 2 fully saturated rings. The first-order valence-electron chi connectivity index (χ1n) is 3.75. The Morgan fingerprint density at radius 1 is 1.50 bits per heavy atom. The molecule has 1 N–H and O–H groups in total. The third-order valence-corrected chi connectivity index (χ3v) is 2.39. The van der Waals surface area contributed by atoms with Crippen LogP contribution in [0.5, 0.6) is 0 Å². The zero-order chi connectivity index (χ0) is 6.97. The summed E-state index contributed by atoms with van der Waals surface area (Å²) in [5.41, 5.74) is 0. The predicted molar refractivity (Wildman–Crippen MR) is 35.5 cm³/mol. The van der Waals surface area contributed by atoms with Crippen LogP contribution in [0.3, 0.4) is 0 Å². The third kappa shape index (κ3) is 0.814. The molecule has 3 heteroatoms. The van der Waals surface area contributed by atoms with Gasteiger partial charge in [-0.15, -0.1) is 0 Å². The van der Waals surface area contributed by atoms with E-state index < -0.39 is 0 Å². The van der Waals surface area contributed by atoms with Gasteiger partial charge in [0.15, 0.2) is 0 Å². The second-order valence-electron chi connectivity index (χ2n) is 3.00. The number of hydrogen-bond acceptors (Lipinski definition) is 2. The van der Waals surface area contributed by atoms with Crippen molar-refractivity contribution in [1.82, 2.24) is 5.32 Å². The lowest BCUT2D eigenvalue weighted by molar-refractivity contribution is -0.110. The van der Waals surface area contributed by atoms with E-state index in [-0.39, 0.29) is 0 Å². The summed E-state index contributed by atoms with van der Waals surface area (Å²) in [7, 11) is 0. The van der Waals surface area contributed by atoms with Gasteiger partial charge in [-0.2, -0.15) is 0 Å². The Kier molecular flexibility index (Phi) is 1.38. The van der Waals surface area contributed by atoms with E-state index in [1.165, 1.54) is 6.42 Å². The molecule has 56 valence electrons. The average Bonchev–Trinajstić information content (AvgIpc) is 2.48. The molecule has 10 heavy (non-hydrogen) atoms. The van der Waals surface area contributed by atoms with E-state index in [2.05, 4.69) is 5.32 Å². The SMILES string of the molecule is O=CNC1CC2CCC1O2. The Hall–Kier alpha value is -0.570. The van der Waals surface area contributed by atoms with Crippen molar-refractivity contribution < 1.29 is 9.53 Å². The molecule has 0 spiro atoms. The maximum Gasteiger partial charge on any atom is 0.207 e. The van der Waals surface area contributed by atoms with Crippen molar-refractivity contribution in [3.63, 3.8) is 0 Å². The third-order valence-electron chi connectivity index (χ3n) is 2.39. The number of hydrogen-bond donors (Lipinski definition) is 1. The molecule has 3 atom stereocenters. The molecule has 0 radical (unpaired) electrons. The fourth-order valence-corrected chi connectivity index (χ4v) is 1.90. The van der Waals surface area contributed by atoms with Crippen LogP contribution < -0.4 is 5.32 Å². The minimum Gasteiger partial charge on any atom is -0.373 e. The molecule has 3 nitrogen and oxygen atoms in total. The molecule has 3 unspecified atom stereocenters. The van der Waals surface area contributed by atoms with Crippen LogP contribution >= 0.6 is 0 Å². The first-order valence-corrected chi connectivity index (χ1v) is 3.75. The molecule has 2 saturated heterocycles. The van der Waals surface area contributed by atoms with Crippen LogP contribution in [0.15, 0.2) is 0 Å². The number of ether oxygens (including phenoxy) is 1. The summed E-state index contributed by atoms with van der Waals surface area (Å²) in [5.74, 6) is 0. The van der Waals surface area contributed by atoms with Gasteiger partial charge < -0.3 is 10.1 Å². The highest BCUT2D eigenvalue weighted by Gasteiger charge is 2.40. The molecule has 2 aliphatic rings. The second-order valence-corrected chi connectivity index (χ2v) is 3.00. The molecule has 1 amide bonds. The summed E-state index contributed by atoms with van der Waals surface area (Å²) in [5, 5.41) is 2.77. The molecule has 0 aromatic heterocycles. The van der Waals surface area contributed by atoms with Crippen molar-refractivity contribution in [2.45, 2.75) is 37.5 Å².